The van der Waals surface area contributed by atoms with Gasteiger partial charge in [0, 0.05) is 13.7 Å². The molecule has 0 saturated carbocycles. The summed E-state index contributed by atoms with van der Waals surface area (Å²) in [5.74, 6) is -0.542. The van der Waals surface area contributed by atoms with Crippen molar-refractivity contribution in [3.63, 3.8) is 0 Å². The molecule has 0 aliphatic rings. The second-order valence-corrected chi connectivity index (χ2v) is 3.62. The third-order valence-electron chi connectivity index (χ3n) is 1.59. The number of hydrogen-bond acceptors (Lipinski definition) is 4. The SMILES string of the molecule is COCC(OCCOCC(C)C)C(=O)O. The van der Waals surface area contributed by atoms with Crippen LogP contribution in [0.5, 0.6) is 0 Å². The predicted molar refractivity (Wildman–Crippen MR) is 54.9 cm³/mol. The third kappa shape index (κ3) is 8.35. The second kappa shape index (κ2) is 8.64. The summed E-state index contributed by atoms with van der Waals surface area (Å²) < 4.78 is 15.0. The number of methoxy groups -OCH3 is 1. The first-order valence-electron chi connectivity index (χ1n) is 4.99. The Labute approximate surface area is 90.3 Å². The van der Waals surface area contributed by atoms with E-state index in [0.29, 0.717) is 19.1 Å². The Morgan fingerprint density at radius 1 is 1.27 bits per heavy atom. The van der Waals surface area contributed by atoms with E-state index in [4.69, 9.17) is 19.3 Å². The van der Waals surface area contributed by atoms with Crippen molar-refractivity contribution in [2.24, 2.45) is 5.92 Å². The van der Waals surface area contributed by atoms with E-state index in [2.05, 4.69) is 0 Å². The second-order valence-electron chi connectivity index (χ2n) is 3.62. The number of carboxylic acid groups (broad SMARTS) is 1. The van der Waals surface area contributed by atoms with Crippen LogP contribution < -0.4 is 0 Å². The number of carbonyl (C=O) groups is 1. The van der Waals surface area contributed by atoms with Crippen molar-refractivity contribution < 1.29 is 24.1 Å². The molecule has 0 aliphatic heterocycles. The highest BCUT2D eigenvalue weighted by Crippen LogP contribution is 1.95. The van der Waals surface area contributed by atoms with Crippen LogP contribution in [0.25, 0.3) is 0 Å². The zero-order chi connectivity index (χ0) is 11.7. The summed E-state index contributed by atoms with van der Waals surface area (Å²) in [6, 6.07) is 0. The molecule has 15 heavy (non-hydrogen) atoms. The van der Waals surface area contributed by atoms with Crippen molar-refractivity contribution in [3.05, 3.63) is 0 Å². The molecule has 0 amide bonds. The van der Waals surface area contributed by atoms with Crippen LogP contribution in [-0.2, 0) is 19.0 Å². The van der Waals surface area contributed by atoms with Gasteiger partial charge in [-0.15, -0.1) is 0 Å². The monoisotopic (exact) mass is 220 g/mol. The minimum absolute atomic E-state index is 0.0551. The molecule has 1 unspecified atom stereocenters. The molecule has 1 atom stereocenters. The maximum atomic E-state index is 10.6. The van der Waals surface area contributed by atoms with Crippen molar-refractivity contribution in [2.45, 2.75) is 20.0 Å². The first-order valence-corrected chi connectivity index (χ1v) is 4.99. The summed E-state index contributed by atoms with van der Waals surface area (Å²) in [5, 5.41) is 8.70. The van der Waals surface area contributed by atoms with E-state index >= 15 is 0 Å². The Morgan fingerprint density at radius 3 is 2.40 bits per heavy atom. The summed E-state index contributed by atoms with van der Waals surface area (Å²) in [5.41, 5.74) is 0. The molecular weight excluding hydrogens is 200 g/mol. The van der Waals surface area contributed by atoms with Gasteiger partial charge in [-0.3, -0.25) is 0 Å². The van der Waals surface area contributed by atoms with E-state index in [-0.39, 0.29) is 13.2 Å². The maximum Gasteiger partial charge on any atom is 0.335 e. The van der Waals surface area contributed by atoms with Gasteiger partial charge >= 0.3 is 5.97 Å². The van der Waals surface area contributed by atoms with E-state index in [9.17, 15) is 4.79 Å². The quantitative estimate of drug-likeness (QED) is 0.581. The van der Waals surface area contributed by atoms with Gasteiger partial charge in [-0.05, 0) is 5.92 Å². The molecule has 0 heterocycles. The lowest BCUT2D eigenvalue weighted by Gasteiger charge is -2.13. The molecule has 1 N–H and O–H groups in total. The first-order chi connectivity index (χ1) is 7.07. The summed E-state index contributed by atoms with van der Waals surface area (Å²) in [4.78, 5) is 10.6. The minimum Gasteiger partial charge on any atom is -0.479 e. The third-order valence-corrected chi connectivity index (χ3v) is 1.59. The van der Waals surface area contributed by atoms with E-state index in [1.165, 1.54) is 7.11 Å². The Kier molecular flexibility index (Phi) is 8.27. The lowest BCUT2D eigenvalue weighted by molar-refractivity contribution is -0.155. The van der Waals surface area contributed by atoms with Gasteiger partial charge in [0.25, 0.3) is 0 Å². The number of carboxylic acids is 1. The van der Waals surface area contributed by atoms with Crippen molar-refractivity contribution in [1.82, 2.24) is 0 Å². The highest BCUT2D eigenvalue weighted by Gasteiger charge is 2.17. The van der Waals surface area contributed by atoms with Crippen molar-refractivity contribution in [2.75, 3.05) is 33.5 Å². The molecule has 90 valence electrons. The van der Waals surface area contributed by atoms with Crippen LogP contribution in [0.3, 0.4) is 0 Å². The van der Waals surface area contributed by atoms with Gasteiger partial charge in [0.15, 0.2) is 6.10 Å². The Hall–Kier alpha value is -0.650. The highest BCUT2D eigenvalue weighted by atomic mass is 16.6. The van der Waals surface area contributed by atoms with E-state index in [0.717, 1.165) is 0 Å². The van der Waals surface area contributed by atoms with Crippen LogP contribution in [0, 0.1) is 5.92 Å². The number of hydrogen-bond donors (Lipinski definition) is 1. The fourth-order valence-electron chi connectivity index (χ4n) is 0.910. The summed E-state index contributed by atoms with van der Waals surface area (Å²) in [7, 11) is 1.44. The lowest BCUT2D eigenvalue weighted by atomic mass is 10.2. The van der Waals surface area contributed by atoms with E-state index < -0.39 is 12.1 Å². The summed E-state index contributed by atoms with van der Waals surface area (Å²) in [6.07, 6.45) is -0.905. The largest absolute Gasteiger partial charge is 0.479 e. The summed E-state index contributed by atoms with van der Waals surface area (Å²) >= 11 is 0. The maximum absolute atomic E-state index is 10.6. The lowest BCUT2D eigenvalue weighted by Crippen LogP contribution is -2.30. The fraction of sp³-hybridized carbons (Fsp3) is 0.900. The average Bonchev–Trinajstić information content (AvgIpc) is 2.15. The molecule has 0 saturated heterocycles. The van der Waals surface area contributed by atoms with E-state index in [1.54, 1.807) is 0 Å². The Balaban J connectivity index is 3.49. The van der Waals surface area contributed by atoms with Crippen LogP contribution >= 0.6 is 0 Å². The number of ether oxygens (including phenoxy) is 3. The molecule has 0 aromatic carbocycles. The zero-order valence-corrected chi connectivity index (χ0v) is 9.56. The topological polar surface area (TPSA) is 65.0 Å². The van der Waals surface area contributed by atoms with Gasteiger partial charge < -0.3 is 19.3 Å². The number of aliphatic carboxylic acids is 1. The van der Waals surface area contributed by atoms with Crippen molar-refractivity contribution in [1.29, 1.82) is 0 Å². The predicted octanol–water partition coefficient (Wildman–Crippen LogP) is 0.775. The molecule has 0 aromatic heterocycles. The minimum atomic E-state index is -1.01. The molecule has 0 radical (unpaired) electrons. The van der Waals surface area contributed by atoms with Crippen molar-refractivity contribution in [3.8, 4) is 0 Å². The molecular formula is C10H20O5. The molecule has 5 heteroatoms. The molecule has 0 bridgehead atoms. The van der Waals surface area contributed by atoms with Crippen LogP contribution in [0.2, 0.25) is 0 Å². The van der Waals surface area contributed by atoms with Gasteiger partial charge in [0.05, 0.1) is 19.8 Å². The molecule has 5 nitrogen and oxygen atoms in total. The van der Waals surface area contributed by atoms with Crippen LogP contribution in [0.15, 0.2) is 0 Å². The van der Waals surface area contributed by atoms with Crippen LogP contribution in [0.1, 0.15) is 13.8 Å². The number of rotatable bonds is 9. The van der Waals surface area contributed by atoms with Crippen LogP contribution in [-0.4, -0.2) is 50.7 Å². The van der Waals surface area contributed by atoms with Gasteiger partial charge in [-0.1, -0.05) is 13.8 Å². The molecule has 0 aliphatic carbocycles. The smallest absolute Gasteiger partial charge is 0.335 e. The molecule has 0 spiro atoms. The Morgan fingerprint density at radius 2 is 1.93 bits per heavy atom. The fourth-order valence-corrected chi connectivity index (χ4v) is 0.910. The molecule has 0 aromatic rings. The zero-order valence-electron chi connectivity index (χ0n) is 9.56. The first kappa shape index (κ1) is 14.3. The van der Waals surface area contributed by atoms with Gasteiger partial charge in [0.2, 0.25) is 0 Å². The average molecular weight is 220 g/mol. The van der Waals surface area contributed by atoms with Crippen LogP contribution in [0.4, 0.5) is 0 Å². The van der Waals surface area contributed by atoms with E-state index in [1.807, 2.05) is 13.8 Å². The standard InChI is InChI=1S/C10H20O5/c1-8(2)6-14-4-5-15-9(7-13-3)10(11)12/h8-9H,4-7H2,1-3H3,(H,11,12). The molecule has 0 rings (SSSR count). The van der Waals surface area contributed by atoms with Gasteiger partial charge in [-0.25, -0.2) is 4.79 Å². The van der Waals surface area contributed by atoms with Gasteiger partial charge in [0.1, 0.15) is 0 Å². The highest BCUT2D eigenvalue weighted by molar-refractivity contribution is 5.72. The summed E-state index contributed by atoms with van der Waals surface area (Å²) in [6.45, 7) is 5.49. The molecule has 0 fully saturated rings. The van der Waals surface area contributed by atoms with Crippen molar-refractivity contribution >= 4 is 5.97 Å². The van der Waals surface area contributed by atoms with Gasteiger partial charge in [-0.2, -0.15) is 0 Å². The Bertz CT molecular complexity index is 169. The normalized spacial score (nSPS) is 13.1.